The monoisotopic (exact) mass is 182 g/mol. The van der Waals surface area contributed by atoms with Crippen LogP contribution in [0, 0.1) is 17.3 Å². The number of rotatable bonds is 0. The minimum Gasteiger partial charge on any atom is -0.0847 e. The second-order valence-electron chi connectivity index (χ2n) is 4.63. The van der Waals surface area contributed by atoms with Crippen LogP contribution in [0.5, 0.6) is 0 Å². The first-order valence-electron chi connectivity index (χ1n) is 4.65. The van der Waals surface area contributed by atoms with Gasteiger partial charge in [-0.05, 0) is 36.2 Å². The van der Waals surface area contributed by atoms with Crippen molar-refractivity contribution in [1.29, 1.82) is 0 Å². The van der Waals surface area contributed by atoms with Crippen LogP contribution in [0.2, 0.25) is 0 Å². The highest BCUT2D eigenvalue weighted by Crippen LogP contribution is 2.49. The van der Waals surface area contributed by atoms with Crippen molar-refractivity contribution in [3.8, 4) is 0 Å². The van der Waals surface area contributed by atoms with E-state index < -0.39 is 0 Å². The fourth-order valence-electron chi connectivity index (χ4n) is 2.47. The van der Waals surface area contributed by atoms with Crippen LogP contribution < -0.4 is 0 Å². The van der Waals surface area contributed by atoms with Gasteiger partial charge < -0.3 is 0 Å². The van der Waals surface area contributed by atoms with E-state index in [1.54, 1.807) is 0 Å². The molecule has 1 fully saturated rings. The molecule has 0 nitrogen and oxygen atoms in total. The summed E-state index contributed by atoms with van der Waals surface area (Å²) < 4.78 is 0. The molecule has 2 unspecified atom stereocenters. The molecule has 0 heterocycles. The predicted molar refractivity (Wildman–Crippen MR) is 53.1 cm³/mol. The molecule has 0 radical (unpaired) electrons. The molecule has 12 heavy (non-hydrogen) atoms. The van der Waals surface area contributed by atoms with Crippen LogP contribution in [-0.2, 0) is 0 Å². The van der Waals surface area contributed by atoms with E-state index in [-0.39, 0.29) is 0 Å². The summed E-state index contributed by atoms with van der Waals surface area (Å²) >= 11 is 5.98. The Bertz CT molecular complexity index is 248. The third-order valence-corrected chi connectivity index (χ3v) is 3.58. The molecule has 0 aromatic heterocycles. The van der Waals surface area contributed by atoms with Crippen molar-refractivity contribution in [3.05, 3.63) is 23.3 Å². The maximum absolute atomic E-state index is 5.98. The lowest BCUT2D eigenvalue weighted by molar-refractivity contribution is 0.288. The van der Waals surface area contributed by atoms with Gasteiger partial charge in [0.1, 0.15) is 0 Å². The Morgan fingerprint density at radius 3 is 3.00 bits per heavy atom. The van der Waals surface area contributed by atoms with Crippen molar-refractivity contribution in [3.63, 3.8) is 0 Å². The van der Waals surface area contributed by atoms with Gasteiger partial charge in [0, 0.05) is 5.03 Å². The molecule has 0 aromatic rings. The van der Waals surface area contributed by atoms with Crippen LogP contribution in [0.4, 0.5) is 0 Å². The number of hydrogen-bond donors (Lipinski definition) is 0. The SMILES string of the molecule is CC1(C)CCC2C=CC(Cl)=CC21. The largest absolute Gasteiger partial charge is 0.0847 e. The van der Waals surface area contributed by atoms with Gasteiger partial charge in [-0.3, -0.25) is 0 Å². The molecular formula is C11H15Cl. The van der Waals surface area contributed by atoms with Gasteiger partial charge in [0.15, 0.2) is 0 Å². The normalized spacial score (nSPS) is 37.8. The Morgan fingerprint density at radius 2 is 2.25 bits per heavy atom. The number of hydrogen-bond acceptors (Lipinski definition) is 0. The van der Waals surface area contributed by atoms with Crippen LogP contribution in [0.3, 0.4) is 0 Å². The van der Waals surface area contributed by atoms with Crippen molar-refractivity contribution < 1.29 is 0 Å². The summed E-state index contributed by atoms with van der Waals surface area (Å²) in [5.74, 6) is 1.43. The van der Waals surface area contributed by atoms with Gasteiger partial charge in [-0.1, -0.05) is 37.6 Å². The van der Waals surface area contributed by atoms with Crippen LogP contribution in [-0.4, -0.2) is 0 Å². The van der Waals surface area contributed by atoms with Gasteiger partial charge in [-0.15, -0.1) is 0 Å². The minimum absolute atomic E-state index is 0.454. The Morgan fingerprint density at radius 1 is 1.50 bits per heavy atom. The van der Waals surface area contributed by atoms with Crippen molar-refractivity contribution >= 4 is 11.6 Å². The molecular weight excluding hydrogens is 168 g/mol. The number of allylic oxidation sites excluding steroid dienone is 4. The Labute approximate surface area is 79.3 Å². The van der Waals surface area contributed by atoms with Crippen molar-refractivity contribution in [2.75, 3.05) is 0 Å². The molecule has 2 aliphatic rings. The van der Waals surface area contributed by atoms with Crippen LogP contribution in [0.1, 0.15) is 26.7 Å². The van der Waals surface area contributed by atoms with E-state index in [9.17, 15) is 0 Å². The lowest BCUT2D eigenvalue weighted by Gasteiger charge is -2.28. The first-order chi connectivity index (χ1) is 5.59. The highest BCUT2D eigenvalue weighted by molar-refractivity contribution is 6.31. The minimum atomic E-state index is 0.454. The zero-order valence-electron chi connectivity index (χ0n) is 7.68. The average molecular weight is 183 g/mol. The van der Waals surface area contributed by atoms with Gasteiger partial charge in [-0.25, -0.2) is 0 Å². The molecule has 0 spiro atoms. The smallest absolute Gasteiger partial charge is 0.0366 e. The van der Waals surface area contributed by atoms with Crippen LogP contribution in [0.15, 0.2) is 23.3 Å². The summed E-state index contributed by atoms with van der Waals surface area (Å²) in [6.07, 6.45) is 9.22. The zero-order valence-corrected chi connectivity index (χ0v) is 8.43. The van der Waals surface area contributed by atoms with Gasteiger partial charge >= 0.3 is 0 Å². The lowest BCUT2D eigenvalue weighted by atomic mass is 9.77. The van der Waals surface area contributed by atoms with Crippen LogP contribution >= 0.6 is 11.6 Å². The zero-order chi connectivity index (χ0) is 8.77. The van der Waals surface area contributed by atoms with Crippen LogP contribution in [0.25, 0.3) is 0 Å². The Kier molecular flexibility index (Phi) is 1.84. The molecule has 0 aromatic carbocycles. The van der Waals surface area contributed by atoms with E-state index in [1.807, 2.05) is 6.08 Å². The third kappa shape index (κ3) is 1.22. The fraction of sp³-hybridized carbons (Fsp3) is 0.636. The highest BCUT2D eigenvalue weighted by Gasteiger charge is 2.40. The molecule has 0 N–H and O–H groups in total. The molecule has 0 bridgehead atoms. The lowest BCUT2D eigenvalue weighted by Crippen LogP contribution is -2.20. The van der Waals surface area contributed by atoms with Gasteiger partial charge in [-0.2, -0.15) is 0 Å². The molecule has 1 saturated carbocycles. The van der Waals surface area contributed by atoms with E-state index >= 15 is 0 Å². The summed E-state index contributed by atoms with van der Waals surface area (Å²) in [7, 11) is 0. The first-order valence-corrected chi connectivity index (χ1v) is 5.03. The van der Waals surface area contributed by atoms with Crippen molar-refractivity contribution in [2.24, 2.45) is 17.3 Å². The predicted octanol–water partition coefficient (Wildman–Crippen LogP) is 3.73. The molecule has 66 valence electrons. The van der Waals surface area contributed by atoms with Gasteiger partial charge in [0.05, 0.1) is 0 Å². The fourth-order valence-corrected chi connectivity index (χ4v) is 2.68. The highest BCUT2D eigenvalue weighted by atomic mass is 35.5. The molecule has 0 saturated heterocycles. The van der Waals surface area contributed by atoms with E-state index in [0.29, 0.717) is 11.3 Å². The standard InChI is InChI=1S/C11H15Cl/c1-11(2)6-5-8-3-4-9(12)7-10(8)11/h3-4,7-8,10H,5-6H2,1-2H3. The molecule has 2 rings (SSSR count). The Balaban J connectivity index is 2.29. The maximum Gasteiger partial charge on any atom is 0.0366 e. The summed E-state index contributed by atoms with van der Waals surface area (Å²) in [6, 6.07) is 0. The molecule has 2 aliphatic carbocycles. The van der Waals surface area contributed by atoms with Gasteiger partial charge in [0.2, 0.25) is 0 Å². The summed E-state index contributed by atoms with van der Waals surface area (Å²) in [4.78, 5) is 0. The van der Waals surface area contributed by atoms with Crippen molar-refractivity contribution in [2.45, 2.75) is 26.7 Å². The first kappa shape index (κ1) is 8.37. The van der Waals surface area contributed by atoms with E-state index in [4.69, 9.17) is 11.6 Å². The van der Waals surface area contributed by atoms with E-state index in [1.165, 1.54) is 12.8 Å². The number of fused-ring (bicyclic) bond motifs is 1. The van der Waals surface area contributed by atoms with E-state index in [2.05, 4.69) is 26.0 Å². The number of halogens is 1. The summed E-state index contributed by atoms with van der Waals surface area (Å²) in [5.41, 5.74) is 0.454. The summed E-state index contributed by atoms with van der Waals surface area (Å²) in [6.45, 7) is 4.69. The Hall–Kier alpha value is -0.230. The third-order valence-electron chi connectivity index (χ3n) is 3.33. The molecule has 0 aliphatic heterocycles. The van der Waals surface area contributed by atoms with Gasteiger partial charge in [0.25, 0.3) is 0 Å². The molecule has 2 atom stereocenters. The molecule has 1 heteroatoms. The summed E-state index contributed by atoms with van der Waals surface area (Å²) in [5, 5.41) is 0.922. The second-order valence-corrected chi connectivity index (χ2v) is 5.06. The van der Waals surface area contributed by atoms with Crippen molar-refractivity contribution in [1.82, 2.24) is 0 Å². The maximum atomic E-state index is 5.98. The molecule has 0 amide bonds. The average Bonchev–Trinajstić information content (AvgIpc) is 2.28. The second kappa shape index (κ2) is 2.63. The topological polar surface area (TPSA) is 0 Å². The quantitative estimate of drug-likeness (QED) is 0.536. The van der Waals surface area contributed by atoms with E-state index in [0.717, 1.165) is 11.0 Å².